The van der Waals surface area contributed by atoms with Gasteiger partial charge in [0.15, 0.2) is 0 Å². The highest BCUT2D eigenvalue weighted by Gasteiger charge is 2.09. The van der Waals surface area contributed by atoms with Crippen molar-refractivity contribution < 1.29 is 4.42 Å². The van der Waals surface area contributed by atoms with Crippen LogP contribution >= 0.6 is 0 Å². The Hall–Kier alpha value is -0.800. The molecule has 1 aromatic rings. The highest BCUT2D eigenvalue weighted by atomic mass is 16.3. The second kappa shape index (κ2) is 7.51. The number of nitrogens with zero attached hydrogens (tertiary/aromatic N) is 1. The Bertz CT molecular complexity index is 282. The number of furan rings is 1. The van der Waals surface area contributed by atoms with Crippen molar-refractivity contribution in [1.82, 2.24) is 10.2 Å². The number of likely N-dealkylation sites (N-methyl/N-ethyl adjacent to an activating group) is 1. The Balaban J connectivity index is 2.13. The highest BCUT2D eigenvalue weighted by Crippen LogP contribution is 2.04. The van der Waals surface area contributed by atoms with Crippen molar-refractivity contribution in [3.63, 3.8) is 0 Å². The van der Waals surface area contributed by atoms with Crippen LogP contribution in [0.3, 0.4) is 0 Å². The first-order valence-corrected chi connectivity index (χ1v) is 6.53. The number of hydrogen-bond acceptors (Lipinski definition) is 3. The molecule has 0 bridgehead atoms. The van der Waals surface area contributed by atoms with Crippen molar-refractivity contribution in [3.05, 3.63) is 24.2 Å². The molecule has 3 nitrogen and oxygen atoms in total. The third-order valence-electron chi connectivity index (χ3n) is 3.13. The molecule has 0 amide bonds. The minimum atomic E-state index is 0.559. The maximum Gasteiger partial charge on any atom is 0.117 e. The Labute approximate surface area is 105 Å². The fourth-order valence-corrected chi connectivity index (χ4v) is 1.66. The van der Waals surface area contributed by atoms with Gasteiger partial charge < -0.3 is 14.6 Å². The number of rotatable bonds is 8. The quantitative estimate of drug-likeness (QED) is 0.755. The smallest absolute Gasteiger partial charge is 0.117 e. The molecule has 1 aromatic heterocycles. The predicted molar refractivity (Wildman–Crippen MR) is 72.0 cm³/mol. The summed E-state index contributed by atoms with van der Waals surface area (Å²) in [4.78, 5) is 2.41. The molecule has 0 saturated carbocycles. The first-order chi connectivity index (χ1) is 8.09. The molecule has 0 spiro atoms. The van der Waals surface area contributed by atoms with Crippen LogP contribution in [0.2, 0.25) is 0 Å². The van der Waals surface area contributed by atoms with E-state index in [9.17, 15) is 0 Å². The summed E-state index contributed by atoms with van der Waals surface area (Å²) in [6.45, 7) is 9.78. The standard InChI is InChI=1S/C14H26N2O/c1-12(2)7-8-16(4)13(3)10-15-11-14-6-5-9-17-14/h5-6,9,12-13,15H,7-8,10-11H2,1-4H3. The lowest BCUT2D eigenvalue weighted by Crippen LogP contribution is -2.38. The zero-order valence-corrected chi connectivity index (χ0v) is 11.6. The molecular weight excluding hydrogens is 212 g/mol. The molecule has 1 rings (SSSR count). The monoisotopic (exact) mass is 238 g/mol. The van der Waals surface area contributed by atoms with Crippen molar-refractivity contribution in [3.8, 4) is 0 Å². The molecule has 0 radical (unpaired) electrons. The average Bonchev–Trinajstić information content (AvgIpc) is 2.78. The fourth-order valence-electron chi connectivity index (χ4n) is 1.66. The summed E-state index contributed by atoms with van der Waals surface area (Å²) in [7, 11) is 2.20. The van der Waals surface area contributed by atoms with Crippen LogP contribution in [0.5, 0.6) is 0 Å². The van der Waals surface area contributed by atoms with E-state index in [0.717, 1.165) is 24.8 Å². The van der Waals surface area contributed by atoms with Gasteiger partial charge in [0.25, 0.3) is 0 Å². The van der Waals surface area contributed by atoms with E-state index in [2.05, 4.69) is 38.0 Å². The van der Waals surface area contributed by atoms with E-state index in [1.807, 2.05) is 12.1 Å². The van der Waals surface area contributed by atoms with E-state index >= 15 is 0 Å². The van der Waals surface area contributed by atoms with Gasteiger partial charge in [-0.3, -0.25) is 0 Å². The lowest BCUT2D eigenvalue weighted by atomic mass is 10.1. The van der Waals surface area contributed by atoms with Crippen LogP contribution in [-0.4, -0.2) is 31.1 Å². The van der Waals surface area contributed by atoms with Crippen molar-refractivity contribution in [2.45, 2.75) is 39.8 Å². The molecule has 1 atom stereocenters. The minimum absolute atomic E-state index is 0.559. The second-order valence-electron chi connectivity index (χ2n) is 5.22. The molecule has 0 aliphatic rings. The molecule has 0 fully saturated rings. The van der Waals surface area contributed by atoms with Crippen molar-refractivity contribution in [1.29, 1.82) is 0 Å². The highest BCUT2D eigenvalue weighted by molar-refractivity contribution is 4.97. The van der Waals surface area contributed by atoms with E-state index in [1.165, 1.54) is 13.0 Å². The van der Waals surface area contributed by atoms with Gasteiger partial charge in [0, 0.05) is 12.6 Å². The van der Waals surface area contributed by atoms with E-state index in [-0.39, 0.29) is 0 Å². The van der Waals surface area contributed by atoms with Gasteiger partial charge in [-0.05, 0) is 45.0 Å². The molecule has 0 aromatic carbocycles. The molecule has 0 saturated heterocycles. The van der Waals surface area contributed by atoms with E-state index in [1.54, 1.807) is 6.26 Å². The first kappa shape index (κ1) is 14.3. The zero-order valence-electron chi connectivity index (χ0n) is 11.6. The van der Waals surface area contributed by atoms with E-state index < -0.39 is 0 Å². The normalized spacial score (nSPS) is 13.5. The maximum absolute atomic E-state index is 5.28. The Morgan fingerprint density at radius 3 is 2.71 bits per heavy atom. The summed E-state index contributed by atoms with van der Waals surface area (Å²) in [6, 6.07) is 4.48. The van der Waals surface area contributed by atoms with E-state index in [0.29, 0.717) is 6.04 Å². The van der Waals surface area contributed by atoms with Gasteiger partial charge in [0.05, 0.1) is 12.8 Å². The molecule has 0 aliphatic heterocycles. The Morgan fingerprint density at radius 1 is 1.35 bits per heavy atom. The van der Waals surface area contributed by atoms with Crippen LogP contribution in [-0.2, 0) is 6.54 Å². The van der Waals surface area contributed by atoms with Crippen LogP contribution in [0.1, 0.15) is 33.0 Å². The summed E-state index contributed by atoms with van der Waals surface area (Å²) in [5, 5.41) is 3.42. The van der Waals surface area contributed by atoms with Crippen LogP contribution < -0.4 is 5.32 Å². The Kier molecular flexibility index (Phi) is 6.30. The van der Waals surface area contributed by atoms with Gasteiger partial charge in [-0.2, -0.15) is 0 Å². The van der Waals surface area contributed by atoms with Crippen LogP contribution in [0.4, 0.5) is 0 Å². The topological polar surface area (TPSA) is 28.4 Å². The third-order valence-corrected chi connectivity index (χ3v) is 3.13. The van der Waals surface area contributed by atoms with E-state index in [4.69, 9.17) is 4.42 Å². The van der Waals surface area contributed by atoms with Crippen LogP contribution in [0.15, 0.2) is 22.8 Å². The Morgan fingerprint density at radius 2 is 2.12 bits per heavy atom. The molecule has 1 heterocycles. The van der Waals surface area contributed by atoms with Gasteiger partial charge in [0.1, 0.15) is 5.76 Å². The molecule has 0 aliphatic carbocycles. The molecule has 98 valence electrons. The van der Waals surface area contributed by atoms with Gasteiger partial charge in [-0.25, -0.2) is 0 Å². The minimum Gasteiger partial charge on any atom is -0.468 e. The summed E-state index contributed by atoms with van der Waals surface area (Å²) in [6.07, 6.45) is 2.98. The fraction of sp³-hybridized carbons (Fsp3) is 0.714. The molecule has 17 heavy (non-hydrogen) atoms. The number of nitrogens with one attached hydrogen (secondary N) is 1. The SMILES string of the molecule is CC(C)CCN(C)C(C)CNCc1ccco1. The third kappa shape index (κ3) is 5.89. The van der Waals surface area contributed by atoms with Crippen molar-refractivity contribution in [2.75, 3.05) is 20.1 Å². The van der Waals surface area contributed by atoms with Gasteiger partial charge in [-0.1, -0.05) is 13.8 Å². The van der Waals surface area contributed by atoms with Gasteiger partial charge in [0.2, 0.25) is 0 Å². The summed E-state index contributed by atoms with van der Waals surface area (Å²) < 4.78 is 5.28. The lowest BCUT2D eigenvalue weighted by Gasteiger charge is -2.25. The van der Waals surface area contributed by atoms with Crippen LogP contribution in [0, 0.1) is 5.92 Å². The predicted octanol–water partition coefficient (Wildman–Crippen LogP) is 2.74. The molecule has 1 unspecified atom stereocenters. The summed E-state index contributed by atoms with van der Waals surface area (Å²) in [5.74, 6) is 1.78. The zero-order chi connectivity index (χ0) is 12.7. The summed E-state index contributed by atoms with van der Waals surface area (Å²) >= 11 is 0. The number of hydrogen-bond donors (Lipinski definition) is 1. The van der Waals surface area contributed by atoms with Gasteiger partial charge >= 0.3 is 0 Å². The lowest BCUT2D eigenvalue weighted by molar-refractivity contribution is 0.236. The molecule has 3 heteroatoms. The van der Waals surface area contributed by atoms with Gasteiger partial charge in [-0.15, -0.1) is 0 Å². The first-order valence-electron chi connectivity index (χ1n) is 6.53. The second-order valence-corrected chi connectivity index (χ2v) is 5.22. The average molecular weight is 238 g/mol. The van der Waals surface area contributed by atoms with Crippen LogP contribution in [0.25, 0.3) is 0 Å². The largest absolute Gasteiger partial charge is 0.468 e. The molecular formula is C14H26N2O. The summed E-state index contributed by atoms with van der Waals surface area (Å²) in [5.41, 5.74) is 0. The molecule has 1 N–H and O–H groups in total. The maximum atomic E-state index is 5.28. The van der Waals surface area contributed by atoms with Crippen molar-refractivity contribution >= 4 is 0 Å². The van der Waals surface area contributed by atoms with Crippen molar-refractivity contribution in [2.24, 2.45) is 5.92 Å².